The number of hydrogen-bond acceptors (Lipinski definition) is 2. The van der Waals surface area contributed by atoms with Gasteiger partial charge in [0.15, 0.2) is 0 Å². The van der Waals surface area contributed by atoms with E-state index < -0.39 is 0 Å². The Balaban J connectivity index is 2.12. The first-order valence-electron chi connectivity index (χ1n) is 2.47. The van der Waals surface area contributed by atoms with Gasteiger partial charge >= 0.3 is 56.4 Å². The first-order chi connectivity index (χ1) is 3.39. The molecule has 2 nitrogen and oxygen atoms in total. The van der Waals surface area contributed by atoms with E-state index in [4.69, 9.17) is 4.74 Å². The second-order valence-corrected chi connectivity index (χ2v) is 3.74. The van der Waals surface area contributed by atoms with Crippen LogP contribution >= 0.6 is 0 Å². The summed E-state index contributed by atoms with van der Waals surface area (Å²) in [7, 11) is 0. The average molecular weight is 206 g/mol. The number of ether oxygens (including phenoxy) is 1. The maximum absolute atomic E-state index is 5.27. The van der Waals surface area contributed by atoms with Crippen LogP contribution in [0.4, 0.5) is 0 Å². The second-order valence-electron chi connectivity index (χ2n) is 1.61. The van der Waals surface area contributed by atoms with Gasteiger partial charge < -0.3 is 0 Å². The molecule has 1 unspecified atom stereocenters. The second kappa shape index (κ2) is 2.89. The fraction of sp³-hybridized carbons (Fsp3) is 1.00. The Bertz CT molecular complexity index is 53.7. The van der Waals surface area contributed by atoms with Crippen LogP contribution in [0.3, 0.4) is 0 Å². The van der Waals surface area contributed by atoms with Crippen molar-refractivity contribution in [3.05, 3.63) is 0 Å². The molecule has 40 valence electrons. The molecular formula is C4H9NOSn. The van der Waals surface area contributed by atoms with E-state index in [2.05, 4.69) is 5.32 Å². The van der Waals surface area contributed by atoms with Gasteiger partial charge in [-0.05, 0) is 0 Å². The van der Waals surface area contributed by atoms with Crippen molar-refractivity contribution in [1.82, 2.24) is 5.32 Å². The Morgan fingerprint density at radius 3 is 2.86 bits per heavy atom. The van der Waals surface area contributed by atoms with E-state index >= 15 is 0 Å². The van der Waals surface area contributed by atoms with Crippen molar-refractivity contribution in [3.8, 4) is 0 Å². The van der Waals surface area contributed by atoms with Gasteiger partial charge in [-0.3, -0.25) is 0 Å². The molecule has 1 aliphatic heterocycles. The standard InChI is InChI=1S/C4H8NO.Sn.H/c1-3-6-4-2-5-1;;/h3,5H,1-2,4H2;;. The molecule has 0 amide bonds. The van der Waals surface area contributed by atoms with E-state index in [0.717, 1.165) is 19.7 Å². The molecule has 7 heavy (non-hydrogen) atoms. The van der Waals surface area contributed by atoms with Crippen LogP contribution in [0.5, 0.6) is 0 Å². The first kappa shape index (κ1) is 5.85. The Hall–Kier alpha value is 0.719. The Morgan fingerprint density at radius 2 is 2.57 bits per heavy atom. The number of hydrogen-bond donors (Lipinski definition) is 1. The Morgan fingerprint density at radius 1 is 1.71 bits per heavy atom. The molecular weight excluding hydrogens is 197 g/mol. The fourth-order valence-corrected chi connectivity index (χ4v) is 1.45. The van der Waals surface area contributed by atoms with Crippen LogP contribution in [0.25, 0.3) is 0 Å². The molecule has 1 fully saturated rings. The monoisotopic (exact) mass is 207 g/mol. The van der Waals surface area contributed by atoms with Gasteiger partial charge in [-0.15, -0.1) is 0 Å². The molecule has 0 aliphatic carbocycles. The zero-order valence-electron chi connectivity index (χ0n) is 4.18. The third kappa shape index (κ3) is 1.97. The summed E-state index contributed by atoms with van der Waals surface area (Å²) in [4.78, 5) is 0. The van der Waals surface area contributed by atoms with E-state index in [0.29, 0.717) is 4.12 Å². The van der Waals surface area contributed by atoms with E-state index in [1.165, 1.54) is 22.5 Å². The van der Waals surface area contributed by atoms with Crippen LogP contribution in [0.2, 0.25) is 0 Å². The van der Waals surface area contributed by atoms with Gasteiger partial charge in [0.25, 0.3) is 0 Å². The third-order valence-electron chi connectivity index (χ3n) is 0.956. The molecule has 1 heterocycles. The molecule has 1 rings (SSSR count). The quantitative estimate of drug-likeness (QED) is 0.504. The molecule has 0 bridgehead atoms. The minimum absolute atomic E-state index is 0.555. The molecule has 0 aromatic carbocycles. The SMILES string of the molecule is [SnH][CH]1CNCCO1. The van der Waals surface area contributed by atoms with Gasteiger partial charge in [-0.25, -0.2) is 0 Å². The van der Waals surface area contributed by atoms with Crippen LogP contribution in [-0.2, 0) is 4.74 Å². The fourth-order valence-electron chi connectivity index (χ4n) is 0.586. The summed E-state index contributed by atoms with van der Waals surface area (Å²) in [6.45, 7) is 3.02. The summed E-state index contributed by atoms with van der Waals surface area (Å²) < 4.78 is 5.83. The minimum atomic E-state index is 0.555. The van der Waals surface area contributed by atoms with Crippen molar-refractivity contribution in [2.45, 2.75) is 4.12 Å². The van der Waals surface area contributed by atoms with Crippen molar-refractivity contribution < 1.29 is 4.74 Å². The number of nitrogens with one attached hydrogen (secondary N) is 1. The predicted molar refractivity (Wildman–Crippen MR) is 29.8 cm³/mol. The van der Waals surface area contributed by atoms with E-state index in [9.17, 15) is 0 Å². The summed E-state index contributed by atoms with van der Waals surface area (Å²) in [6, 6.07) is 0. The van der Waals surface area contributed by atoms with Crippen LogP contribution in [0.15, 0.2) is 0 Å². The van der Waals surface area contributed by atoms with Crippen LogP contribution < -0.4 is 5.32 Å². The van der Waals surface area contributed by atoms with Gasteiger partial charge in [-0.1, -0.05) is 0 Å². The van der Waals surface area contributed by atoms with E-state index in [1.54, 1.807) is 0 Å². The molecule has 1 aliphatic rings. The first-order valence-corrected chi connectivity index (χ1v) is 4.38. The molecule has 1 saturated heterocycles. The zero-order chi connectivity index (χ0) is 5.11. The van der Waals surface area contributed by atoms with E-state index in [-0.39, 0.29) is 0 Å². The summed E-state index contributed by atoms with van der Waals surface area (Å²) >= 11 is 1.22. The van der Waals surface area contributed by atoms with Gasteiger partial charge in [-0.2, -0.15) is 0 Å². The summed E-state index contributed by atoms with van der Waals surface area (Å²) in [5.41, 5.74) is 0. The molecule has 1 atom stereocenters. The topological polar surface area (TPSA) is 21.3 Å². The van der Waals surface area contributed by atoms with Crippen LogP contribution in [0.1, 0.15) is 0 Å². The Labute approximate surface area is 56.7 Å². The van der Waals surface area contributed by atoms with Gasteiger partial charge in [0, 0.05) is 0 Å². The van der Waals surface area contributed by atoms with Gasteiger partial charge in [0.1, 0.15) is 0 Å². The van der Waals surface area contributed by atoms with E-state index in [1.807, 2.05) is 0 Å². The zero-order valence-corrected chi connectivity index (χ0v) is 7.48. The van der Waals surface area contributed by atoms with Crippen molar-refractivity contribution in [2.75, 3.05) is 19.7 Å². The Kier molecular flexibility index (Phi) is 2.41. The molecule has 0 aromatic rings. The molecule has 0 saturated carbocycles. The summed E-state index contributed by atoms with van der Waals surface area (Å²) in [5, 5.41) is 3.24. The summed E-state index contributed by atoms with van der Waals surface area (Å²) in [5.74, 6) is 0. The predicted octanol–water partition coefficient (Wildman–Crippen LogP) is -1.17. The summed E-state index contributed by atoms with van der Waals surface area (Å²) in [6.07, 6.45) is 0. The van der Waals surface area contributed by atoms with Crippen molar-refractivity contribution >= 4 is 22.5 Å². The third-order valence-corrected chi connectivity index (χ3v) is 2.18. The molecule has 3 heteroatoms. The molecule has 1 N–H and O–H groups in total. The van der Waals surface area contributed by atoms with Crippen molar-refractivity contribution in [1.29, 1.82) is 0 Å². The van der Waals surface area contributed by atoms with Crippen molar-refractivity contribution in [3.63, 3.8) is 0 Å². The average Bonchev–Trinajstić information content (AvgIpc) is 1.69. The molecule has 0 spiro atoms. The van der Waals surface area contributed by atoms with Crippen LogP contribution in [-0.4, -0.2) is 46.3 Å². The van der Waals surface area contributed by atoms with Crippen LogP contribution in [0, 0.1) is 0 Å². The van der Waals surface area contributed by atoms with Crippen molar-refractivity contribution in [2.24, 2.45) is 0 Å². The van der Waals surface area contributed by atoms with Gasteiger partial charge in [0.2, 0.25) is 0 Å². The normalized spacial score (nSPS) is 33.0. The molecule has 0 aromatic heterocycles. The van der Waals surface area contributed by atoms with Gasteiger partial charge in [0.05, 0.1) is 0 Å². The number of rotatable bonds is 0. The number of morpholine rings is 1. The maximum atomic E-state index is 5.27. The molecule has 2 radical (unpaired) electrons.